The Morgan fingerprint density at radius 1 is 1.26 bits per heavy atom. The highest BCUT2D eigenvalue weighted by Gasteiger charge is 2.15. The zero-order chi connectivity index (χ0) is 14.4. The maximum Gasteiger partial charge on any atom is 0.317 e. The Bertz CT molecular complexity index is 523. The summed E-state index contributed by atoms with van der Waals surface area (Å²) in [7, 11) is 0. The van der Waals surface area contributed by atoms with Crippen molar-refractivity contribution in [1.82, 2.24) is 4.90 Å². The number of nitrogens with zero attached hydrogens (tertiary/aromatic N) is 2. The van der Waals surface area contributed by atoms with Crippen LogP contribution in [0.1, 0.15) is 11.1 Å². The fourth-order valence-corrected chi connectivity index (χ4v) is 1.58. The first kappa shape index (κ1) is 14.6. The molecule has 0 fully saturated rings. The number of hydrogen-bond acceptors (Lipinski definition) is 4. The number of carbonyl (C=O) groups is 2. The van der Waals surface area contributed by atoms with Gasteiger partial charge in [0.25, 0.3) is 0 Å². The molecule has 0 aliphatic rings. The molecule has 0 aromatic heterocycles. The standard InChI is InChI=1S/C12H11FN2O4/c13-10-2-1-8(9(3-10)4-14)5-15(6-11(16)17)7-12(18)19/h1-3H,5-7H2,(H,16,17)(H,18,19). The SMILES string of the molecule is N#Cc1cc(F)ccc1CN(CC(=O)O)CC(=O)O. The second-order valence-electron chi connectivity index (χ2n) is 3.85. The van der Waals surface area contributed by atoms with E-state index in [0.717, 1.165) is 17.0 Å². The lowest BCUT2D eigenvalue weighted by molar-refractivity contribution is -0.142. The van der Waals surface area contributed by atoms with E-state index in [-0.39, 0.29) is 12.1 Å². The minimum absolute atomic E-state index is 0.0538. The van der Waals surface area contributed by atoms with Crippen LogP contribution in [0.3, 0.4) is 0 Å². The first-order valence-corrected chi connectivity index (χ1v) is 5.27. The highest BCUT2D eigenvalue weighted by molar-refractivity contribution is 5.72. The van der Waals surface area contributed by atoms with Crippen molar-refractivity contribution in [3.05, 3.63) is 35.1 Å². The average molecular weight is 266 g/mol. The van der Waals surface area contributed by atoms with Gasteiger partial charge in [-0.3, -0.25) is 14.5 Å². The third-order valence-corrected chi connectivity index (χ3v) is 2.30. The number of rotatable bonds is 6. The minimum Gasteiger partial charge on any atom is -0.480 e. The van der Waals surface area contributed by atoms with Crippen molar-refractivity contribution in [2.45, 2.75) is 6.54 Å². The molecule has 0 amide bonds. The maximum absolute atomic E-state index is 12.9. The second kappa shape index (κ2) is 6.47. The highest BCUT2D eigenvalue weighted by Crippen LogP contribution is 2.13. The van der Waals surface area contributed by atoms with Gasteiger partial charge in [0.15, 0.2) is 0 Å². The van der Waals surface area contributed by atoms with Crippen LogP contribution in [0, 0.1) is 17.1 Å². The van der Waals surface area contributed by atoms with E-state index in [0.29, 0.717) is 5.56 Å². The molecule has 0 bridgehead atoms. The topological polar surface area (TPSA) is 102 Å². The van der Waals surface area contributed by atoms with E-state index in [4.69, 9.17) is 15.5 Å². The molecule has 1 aromatic carbocycles. The lowest BCUT2D eigenvalue weighted by Gasteiger charge is -2.18. The van der Waals surface area contributed by atoms with Gasteiger partial charge in [0.1, 0.15) is 5.82 Å². The van der Waals surface area contributed by atoms with Gasteiger partial charge in [0, 0.05) is 6.54 Å². The summed E-state index contributed by atoms with van der Waals surface area (Å²) >= 11 is 0. The molecule has 0 unspecified atom stereocenters. The Morgan fingerprint density at radius 3 is 2.32 bits per heavy atom. The van der Waals surface area contributed by atoms with E-state index >= 15 is 0 Å². The van der Waals surface area contributed by atoms with E-state index < -0.39 is 30.8 Å². The number of nitriles is 1. The molecule has 0 spiro atoms. The molecule has 19 heavy (non-hydrogen) atoms. The molecule has 100 valence electrons. The minimum atomic E-state index is -1.18. The number of carboxylic acids is 2. The molecular formula is C12H11FN2O4. The van der Waals surface area contributed by atoms with Gasteiger partial charge in [-0.1, -0.05) is 6.07 Å². The Labute approximate surface area is 108 Å². The predicted molar refractivity (Wildman–Crippen MR) is 61.7 cm³/mol. The summed E-state index contributed by atoms with van der Waals surface area (Å²) in [5, 5.41) is 26.2. The predicted octanol–water partition coefficient (Wildman–Crippen LogP) is 0.669. The largest absolute Gasteiger partial charge is 0.480 e. The molecule has 7 heteroatoms. The summed E-state index contributed by atoms with van der Waals surface area (Å²) in [5.74, 6) is -2.94. The second-order valence-corrected chi connectivity index (χ2v) is 3.85. The smallest absolute Gasteiger partial charge is 0.317 e. The molecule has 0 heterocycles. The van der Waals surface area contributed by atoms with Crippen molar-refractivity contribution < 1.29 is 24.2 Å². The van der Waals surface area contributed by atoms with Gasteiger partial charge in [-0.2, -0.15) is 5.26 Å². The molecular weight excluding hydrogens is 255 g/mol. The molecule has 0 aliphatic heterocycles. The van der Waals surface area contributed by atoms with E-state index in [2.05, 4.69) is 0 Å². The summed E-state index contributed by atoms with van der Waals surface area (Å²) in [6.07, 6.45) is 0. The highest BCUT2D eigenvalue weighted by atomic mass is 19.1. The number of carboxylic acid groups (broad SMARTS) is 2. The van der Waals surface area contributed by atoms with Gasteiger partial charge in [-0.15, -0.1) is 0 Å². The Hall–Kier alpha value is -2.46. The van der Waals surface area contributed by atoms with Crippen molar-refractivity contribution in [2.24, 2.45) is 0 Å². The number of hydrogen-bond donors (Lipinski definition) is 2. The summed E-state index contributed by atoms with van der Waals surface area (Å²) in [4.78, 5) is 22.4. The van der Waals surface area contributed by atoms with Crippen LogP contribution in [0.5, 0.6) is 0 Å². The van der Waals surface area contributed by atoms with Crippen LogP contribution >= 0.6 is 0 Å². The van der Waals surface area contributed by atoms with Crippen molar-refractivity contribution in [3.63, 3.8) is 0 Å². The summed E-state index contributed by atoms with van der Waals surface area (Å²) in [6.45, 7) is -1.01. The van der Waals surface area contributed by atoms with Gasteiger partial charge in [0.05, 0.1) is 24.7 Å². The molecule has 2 N–H and O–H groups in total. The number of benzene rings is 1. The van der Waals surface area contributed by atoms with Gasteiger partial charge in [-0.05, 0) is 17.7 Å². The molecule has 1 rings (SSSR count). The Kier molecular flexibility index (Phi) is 4.97. The maximum atomic E-state index is 12.9. The van der Waals surface area contributed by atoms with E-state index in [1.807, 2.05) is 0 Å². The summed E-state index contributed by atoms with van der Waals surface area (Å²) in [5.41, 5.74) is 0.437. The van der Waals surface area contributed by atoms with Crippen LogP contribution in [-0.4, -0.2) is 40.1 Å². The molecule has 1 aromatic rings. The van der Waals surface area contributed by atoms with Crippen LogP contribution in [0.4, 0.5) is 4.39 Å². The first-order chi connectivity index (χ1) is 8.92. The summed E-state index contributed by atoms with van der Waals surface area (Å²) < 4.78 is 12.9. The van der Waals surface area contributed by atoms with E-state index in [9.17, 15) is 14.0 Å². The van der Waals surface area contributed by atoms with E-state index in [1.54, 1.807) is 6.07 Å². The molecule has 0 aliphatic carbocycles. The first-order valence-electron chi connectivity index (χ1n) is 5.27. The molecule has 6 nitrogen and oxygen atoms in total. The van der Waals surface area contributed by atoms with Crippen LogP contribution in [0.15, 0.2) is 18.2 Å². The third-order valence-electron chi connectivity index (χ3n) is 2.30. The van der Waals surface area contributed by atoms with Gasteiger partial charge in [0.2, 0.25) is 0 Å². The van der Waals surface area contributed by atoms with Crippen LogP contribution in [0.25, 0.3) is 0 Å². The average Bonchev–Trinajstić information content (AvgIpc) is 2.29. The van der Waals surface area contributed by atoms with Crippen LogP contribution < -0.4 is 0 Å². The molecule has 0 radical (unpaired) electrons. The molecule has 0 atom stereocenters. The quantitative estimate of drug-likeness (QED) is 0.784. The lowest BCUT2D eigenvalue weighted by Crippen LogP contribution is -2.34. The van der Waals surface area contributed by atoms with Crippen molar-refractivity contribution in [2.75, 3.05) is 13.1 Å². The van der Waals surface area contributed by atoms with Crippen molar-refractivity contribution in [3.8, 4) is 6.07 Å². The Balaban J connectivity index is 2.92. The van der Waals surface area contributed by atoms with Gasteiger partial charge in [-0.25, -0.2) is 4.39 Å². The fourth-order valence-electron chi connectivity index (χ4n) is 1.58. The molecule has 0 saturated carbocycles. The zero-order valence-electron chi connectivity index (χ0n) is 9.84. The third kappa shape index (κ3) is 4.73. The number of aliphatic carboxylic acids is 2. The lowest BCUT2D eigenvalue weighted by atomic mass is 10.1. The van der Waals surface area contributed by atoms with Gasteiger partial charge >= 0.3 is 11.9 Å². The van der Waals surface area contributed by atoms with Crippen molar-refractivity contribution >= 4 is 11.9 Å². The van der Waals surface area contributed by atoms with Crippen LogP contribution in [0.2, 0.25) is 0 Å². The van der Waals surface area contributed by atoms with Gasteiger partial charge < -0.3 is 10.2 Å². The zero-order valence-corrected chi connectivity index (χ0v) is 9.84. The monoisotopic (exact) mass is 266 g/mol. The Morgan fingerprint density at radius 2 is 1.84 bits per heavy atom. The number of halogens is 1. The van der Waals surface area contributed by atoms with Crippen LogP contribution in [-0.2, 0) is 16.1 Å². The molecule has 0 saturated heterocycles. The van der Waals surface area contributed by atoms with Crippen molar-refractivity contribution in [1.29, 1.82) is 5.26 Å². The van der Waals surface area contributed by atoms with E-state index in [1.165, 1.54) is 6.07 Å². The summed E-state index contributed by atoms with van der Waals surface area (Å²) in [6, 6.07) is 5.28. The normalized spacial score (nSPS) is 10.2. The fraction of sp³-hybridized carbons (Fsp3) is 0.250.